The molecule has 0 radical (unpaired) electrons. The lowest BCUT2D eigenvalue weighted by atomic mass is 10.1. The molecule has 0 saturated carbocycles. The lowest BCUT2D eigenvalue weighted by Crippen LogP contribution is -2.04. The van der Waals surface area contributed by atoms with Gasteiger partial charge in [0.05, 0.1) is 11.1 Å². The summed E-state index contributed by atoms with van der Waals surface area (Å²) < 4.78 is 19.0. The Kier molecular flexibility index (Phi) is 2.44. The van der Waals surface area contributed by atoms with Crippen LogP contribution in [0.1, 0.15) is 24.3 Å². The van der Waals surface area contributed by atoms with Crippen molar-refractivity contribution >= 4 is 22.6 Å². The van der Waals surface area contributed by atoms with Crippen LogP contribution < -0.4 is 5.73 Å². The SMILES string of the molecule is Cc1c(C(C)N)oc2c(F)c(Cl)ccc12. The van der Waals surface area contributed by atoms with Gasteiger partial charge in [0, 0.05) is 10.9 Å². The van der Waals surface area contributed by atoms with Crippen molar-refractivity contribution in [1.29, 1.82) is 0 Å². The van der Waals surface area contributed by atoms with E-state index in [0.717, 1.165) is 10.9 Å². The number of fused-ring (bicyclic) bond motifs is 1. The van der Waals surface area contributed by atoms with Crippen molar-refractivity contribution in [1.82, 2.24) is 0 Å². The molecule has 1 atom stereocenters. The number of benzene rings is 1. The van der Waals surface area contributed by atoms with Gasteiger partial charge in [0.1, 0.15) is 5.76 Å². The first-order valence-corrected chi connectivity index (χ1v) is 5.02. The smallest absolute Gasteiger partial charge is 0.184 e. The van der Waals surface area contributed by atoms with E-state index in [2.05, 4.69) is 0 Å². The number of nitrogens with two attached hydrogens (primary N) is 1. The second-order valence-corrected chi connectivity index (χ2v) is 4.03. The molecule has 0 aliphatic carbocycles. The Labute approximate surface area is 91.8 Å². The van der Waals surface area contributed by atoms with Crippen molar-refractivity contribution in [3.8, 4) is 0 Å². The molecular weight excluding hydrogens is 217 g/mol. The number of hydrogen-bond acceptors (Lipinski definition) is 2. The Bertz CT molecular complexity index is 519. The minimum atomic E-state index is -0.524. The number of rotatable bonds is 1. The third kappa shape index (κ3) is 1.52. The minimum absolute atomic E-state index is 0.0625. The van der Waals surface area contributed by atoms with E-state index in [1.165, 1.54) is 6.07 Å². The Balaban J connectivity index is 2.82. The summed E-state index contributed by atoms with van der Waals surface area (Å²) in [4.78, 5) is 0. The second kappa shape index (κ2) is 3.51. The van der Waals surface area contributed by atoms with Crippen molar-refractivity contribution in [2.24, 2.45) is 5.73 Å². The van der Waals surface area contributed by atoms with Gasteiger partial charge in [-0.15, -0.1) is 0 Å². The van der Waals surface area contributed by atoms with Crippen LogP contribution in [0.4, 0.5) is 4.39 Å². The van der Waals surface area contributed by atoms with E-state index in [-0.39, 0.29) is 16.6 Å². The van der Waals surface area contributed by atoms with Crippen LogP contribution >= 0.6 is 11.6 Å². The summed E-state index contributed by atoms with van der Waals surface area (Å²) in [6.45, 7) is 3.65. The predicted molar refractivity (Wildman–Crippen MR) is 58.5 cm³/mol. The molecule has 15 heavy (non-hydrogen) atoms. The van der Waals surface area contributed by atoms with Gasteiger partial charge in [0.25, 0.3) is 0 Å². The van der Waals surface area contributed by atoms with E-state index in [4.69, 9.17) is 21.8 Å². The topological polar surface area (TPSA) is 39.2 Å². The first kappa shape index (κ1) is 10.5. The van der Waals surface area contributed by atoms with Crippen molar-refractivity contribution in [2.75, 3.05) is 0 Å². The fraction of sp³-hybridized carbons (Fsp3) is 0.273. The van der Waals surface area contributed by atoms with E-state index in [1.54, 1.807) is 13.0 Å². The van der Waals surface area contributed by atoms with Gasteiger partial charge in [-0.2, -0.15) is 0 Å². The number of hydrogen-bond donors (Lipinski definition) is 1. The molecule has 1 aromatic heterocycles. The first-order chi connectivity index (χ1) is 7.02. The molecular formula is C11H11ClFNO. The normalized spacial score (nSPS) is 13.4. The molecule has 1 unspecified atom stereocenters. The molecule has 1 heterocycles. The van der Waals surface area contributed by atoms with Gasteiger partial charge in [0.15, 0.2) is 11.4 Å². The maximum absolute atomic E-state index is 13.6. The lowest BCUT2D eigenvalue weighted by molar-refractivity contribution is 0.490. The van der Waals surface area contributed by atoms with Crippen LogP contribution in [-0.4, -0.2) is 0 Å². The zero-order chi connectivity index (χ0) is 11.2. The summed E-state index contributed by atoms with van der Waals surface area (Å²) in [5.41, 5.74) is 6.78. The van der Waals surface area contributed by atoms with Crippen molar-refractivity contribution in [2.45, 2.75) is 19.9 Å². The summed E-state index contributed by atoms with van der Waals surface area (Å²) in [6, 6.07) is 3.01. The molecule has 2 N–H and O–H groups in total. The number of aryl methyl sites for hydroxylation is 1. The Hall–Kier alpha value is -1.06. The monoisotopic (exact) mass is 227 g/mol. The summed E-state index contributed by atoms with van der Waals surface area (Å²) in [6.07, 6.45) is 0. The van der Waals surface area contributed by atoms with Crippen LogP contribution in [0.15, 0.2) is 16.5 Å². The fourth-order valence-corrected chi connectivity index (χ4v) is 1.83. The van der Waals surface area contributed by atoms with E-state index in [9.17, 15) is 4.39 Å². The zero-order valence-electron chi connectivity index (χ0n) is 8.47. The van der Waals surface area contributed by atoms with Gasteiger partial charge in [-0.05, 0) is 26.0 Å². The van der Waals surface area contributed by atoms with E-state index in [1.807, 2.05) is 6.92 Å². The highest BCUT2D eigenvalue weighted by molar-refractivity contribution is 6.31. The Morgan fingerprint density at radius 1 is 1.47 bits per heavy atom. The van der Waals surface area contributed by atoms with Crippen molar-refractivity contribution < 1.29 is 8.81 Å². The Morgan fingerprint density at radius 2 is 2.13 bits per heavy atom. The molecule has 2 nitrogen and oxygen atoms in total. The zero-order valence-corrected chi connectivity index (χ0v) is 9.23. The molecule has 0 fully saturated rings. The van der Waals surface area contributed by atoms with Gasteiger partial charge in [-0.25, -0.2) is 4.39 Å². The van der Waals surface area contributed by atoms with Crippen LogP contribution in [-0.2, 0) is 0 Å². The van der Waals surface area contributed by atoms with E-state index < -0.39 is 5.82 Å². The lowest BCUT2D eigenvalue weighted by Gasteiger charge is -2.00. The molecule has 2 aromatic rings. The fourth-order valence-electron chi connectivity index (χ4n) is 1.68. The van der Waals surface area contributed by atoms with Gasteiger partial charge >= 0.3 is 0 Å². The molecule has 0 aliphatic heterocycles. The standard InChI is InChI=1S/C11H11ClFNO/c1-5-7-3-4-8(12)9(13)11(7)15-10(5)6(2)14/h3-4,6H,14H2,1-2H3. The van der Waals surface area contributed by atoms with E-state index in [0.29, 0.717) is 5.76 Å². The molecule has 0 amide bonds. The summed E-state index contributed by atoms with van der Waals surface area (Å²) in [5.74, 6) is 0.0790. The van der Waals surface area contributed by atoms with E-state index >= 15 is 0 Å². The Morgan fingerprint density at radius 3 is 2.73 bits per heavy atom. The quantitative estimate of drug-likeness (QED) is 0.809. The highest BCUT2D eigenvalue weighted by Crippen LogP contribution is 2.32. The molecule has 1 aromatic carbocycles. The molecule has 0 bridgehead atoms. The van der Waals surface area contributed by atoms with Crippen LogP contribution in [0, 0.1) is 12.7 Å². The molecule has 4 heteroatoms. The summed E-state index contributed by atoms with van der Waals surface area (Å²) in [7, 11) is 0. The largest absolute Gasteiger partial charge is 0.456 e. The molecule has 0 aliphatic rings. The van der Waals surface area contributed by atoms with Crippen molar-refractivity contribution in [3.05, 3.63) is 34.3 Å². The molecule has 0 spiro atoms. The maximum Gasteiger partial charge on any atom is 0.184 e. The third-order valence-corrected chi connectivity index (χ3v) is 2.74. The highest BCUT2D eigenvalue weighted by atomic mass is 35.5. The van der Waals surface area contributed by atoms with Crippen molar-refractivity contribution in [3.63, 3.8) is 0 Å². The number of halogens is 2. The minimum Gasteiger partial charge on any atom is -0.456 e. The summed E-state index contributed by atoms with van der Waals surface area (Å²) >= 11 is 5.66. The maximum atomic E-state index is 13.6. The van der Waals surface area contributed by atoms with Gasteiger partial charge < -0.3 is 10.2 Å². The van der Waals surface area contributed by atoms with Crippen LogP contribution in [0.2, 0.25) is 5.02 Å². The molecule has 0 saturated heterocycles. The molecule has 2 rings (SSSR count). The average molecular weight is 228 g/mol. The van der Waals surface area contributed by atoms with Crippen LogP contribution in [0.5, 0.6) is 0 Å². The van der Waals surface area contributed by atoms with Crippen LogP contribution in [0.3, 0.4) is 0 Å². The second-order valence-electron chi connectivity index (χ2n) is 3.62. The van der Waals surface area contributed by atoms with Gasteiger partial charge in [-0.1, -0.05) is 11.6 Å². The first-order valence-electron chi connectivity index (χ1n) is 4.65. The highest BCUT2D eigenvalue weighted by Gasteiger charge is 2.17. The van der Waals surface area contributed by atoms with Gasteiger partial charge in [-0.3, -0.25) is 0 Å². The predicted octanol–water partition coefficient (Wildman–Crippen LogP) is 3.55. The summed E-state index contributed by atoms with van der Waals surface area (Å²) in [5, 5.41) is 0.789. The number of furan rings is 1. The third-order valence-electron chi connectivity index (χ3n) is 2.45. The van der Waals surface area contributed by atoms with Gasteiger partial charge in [0.2, 0.25) is 0 Å². The molecule has 80 valence electrons. The van der Waals surface area contributed by atoms with Crippen LogP contribution in [0.25, 0.3) is 11.0 Å². The average Bonchev–Trinajstić information content (AvgIpc) is 2.51.